The number of esters is 2. The van der Waals surface area contributed by atoms with E-state index in [4.69, 9.17) is 24.7 Å². The summed E-state index contributed by atoms with van der Waals surface area (Å²) in [5.74, 6) is 14.8. The molecule has 0 bridgehead atoms. The molecule has 0 aliphatic carbocycles. The Labute approximate surface area is 362 Å². The summed E-state index contributed by atoms with van der Waals surface area (Å²) in [5.41, 5.74) is 8.80. The van der Waals surface area contributed by atoms with E-state index in [1.165, 1.54) is 60.7 Å². The second-order valence-corrected chi connectivity index (χ2v) is 13.3. The van der Waals surface area contributed by atoms with Crippen molar-refractivity contribution in [2.45, 2.75) is 6.29 Å². The maximum Gasteiger partial charge on any atom is 0.347 e. The Bertz CT molecular complexity index is 2960. The van der Waals surface area contributed by atoms with E-state index >= 15 is 0 Å². The predicted molar refractivity (Wildman–Crippen MR) is 231 cm³/mol. The zero-order valence-electron chi connectivity index (χ0n) is 33.1. The summed E-state index contributed by atoms with van der Waals surface area (Å²) < 4.78 is 22.9. The van der Waals surface area contributed by atoms with Gasteiger partial charge >= 0.3 is 11.9 Å². The van der Waals surface area contributed by atoms with Crippen molar-refractivity contribution in [3.63, 3.8) is 0 Å². The van der Waals surface area contributed by atoms with E-state index in [9.17, 15) is 25.1 Å². The first-order valence-corrected chi connectivity index (χ1v) is 19.1. The van der Waals surface area contributed by atoms with Crippen LogP contribution in [0.2, 0.25) is 0 Å². The fourth-order valence-corrected chi connectivity index (χ4v) is 5.89. The van der Waals surface area contributed by atoms with Crippen LogP contribution in [-0.2, 0) is 0 Å². The molecule has 308 valence electrons. The molecule has 0 amide bonds. The molecule has 4 N–H and O–H groups in total. The highest BCUT2D eigenvalue weighted by atomic mass is 17.1. The zero-order chi connectivity index (χ0) is 44.0. The molecule has 63 heavy (non-hydrogen) atoms. The van der Waals surface area contributed by atoms with Crippen LogP contribution in [0.5, 0.6) is 34.5 Å². The van der Waals surface area contributed by atoms with Crippen LogP contribution in [0.15, 0.2) is 164 Å². The van der Waals surface area contributed by atoms with Gasteiger partial charge < -0.3 is 34.0 Å². The summed E-state index contributed by atoms with van der Waals surface area (Å²) in [6, 6.07) is 44.4. The summed E-state index contributed by atoms with van der Waals surface area (Å²) in [7, 11) is 0. The molecule has 1 atom stereocenters. The van der Waals surface area contributed by atoms with Gasteiger partial charge in [0.25, 0.3) is 0 Å². The largest absolute Gasteiger partial charge is 0.872 e. The van der Waals surface area contributed by atoms with Crippen LogP contribution < -0.4 is 34.7 Å². The first kappa shape index (κ1) is 42.4. The molecule has 0 spiro atoms. The van der Waals surface area contributed by atoms with Gasteiger partial charge in [-0.1, -0.05) is 102 Å². The molecule has 1 unspecified atom stereocenters. The predicted octanol–water partition coefficient (Wildman–Crippen LogP) is 7.61. The van der Waals surface area contributed by atoms with Gasteiger partial charge in [-0.05, 0) is 84.9 Å². The van der Waals surface area contributed by atoms with Crippen molar-refractivity contribution >= 4 is 11.9 Å². The van der Waals surface area contributed by atoms with Gasteiger partial charge in [-0.25, -0.2) is 14.8 Å². The number of benzene rings is 7. The molecule has 7 aromatic rings. The van der Waals surface area contributed by atoms with Gasteiger partial charge in [0.05, 0.1) is 0 Å². The van der Waals surface area contributed by atoms with Gasteiger partial charge in [0.15, 0.2) is 5.75 Å². The molecular formula is C52H34NO10-. The topological polar surface area (TPSA) is 170 Å². The third-order valence-electron chi connectivity index (χ3n) is 8.91. The van der Waals surface area contributed by atoms with Crippen molar-refractivity contribution in [1.29, 1.82) is 0 Å². The van der Waals surface area contributed by atoms with Crippen molar-refractivity contribution in [2.24, 2.45) is 5.73 Å². The molecule has 0 aliphatic rings. The van der Waals surface area contributed by atoms with E-state index in [0.717, 1.165) is 16.7 Å². The van der Waals surface area contributed by atoms with Gasteiger partial charge in [-0.3, -0.25) is 5.73 Å². The minimum Gasteiger partial charge on any atom is -0.872 e. The number of hydrogen-bond donors (Lipinski definition) is 3. The van der Waals surface area contributed by atoms with Crippen LogP contribution in [0, 0.1) is 35.5 Å². The Morgan fingerprint density at radius 3 is 1.41 bits per heavy atom. The van der Waals surface area contributed by atoms with Crippen LogP contribution in [-0.4, -0.2) is 29.0 Å². The van der Waals surface area contributed by atoms with Gasteiger partial charge in [0.2, 0.25) is 6.29 Å². The quantitative estimate of drug-likeness (QED) is 0.0310. The van der Waals surface area contributed by atoms with Crippen molar-refractivity contribution in [3.05, 3.63) is 214 Å². The fraction of sp³-hybridized carbons (Fsp3) is 0.0385. The molecular weight excluding hydrogens is 799 g/mol. The van der Waals surface area contributed by atoms with E-state index in [1.807, 2.05) is 91.0 Å². The lowest BCUT2D eigenvalue weighted by atomic mass is 10.1. The first-order valence-electron chi connectivity index (χ1n) is 19.1. The highest BCUT2D eigenvalue weighted by Gasteiger charge is 2.21. The number of aliphatic hydroxyl groups excluding tert-OH is 1. The second kappa shape index (κ2) is 20.5. The van der Waals surface area contributed by atoms with Crippen LogP contribution in [0.4, 0.5) is 0 Å². The number of carbonyl (C=O) groups excluding carboxylic acids is 2. The second-order valence-electron chi connectivity index (χ2n) is 13.3. The first-order chi connectivity index (χ1) is 30.7. The molecule has 0 saturated carbocycles. The van der Waals surface area contributed by atoms with Crippen molar-refractivity contribution in [2.75, 3.05) is 6.73 Å². The lowest BCUT2D eigenvalue weighted by molar-refractivity contribution is -0.271. The highest BCUT2D eigenvalue weighted by Crippen LogP contribution is 2.34. The SMILES string of the molecule is NCOc1ccc(C#Cc2ccccc2)cc1C(=O)Oc1cc(OC(=O)c2cc(C#Cc3ccccc3)ccc2OO)cc(OC(O)c2cc(C#Cc3ccccc3)ccc2[O-])c1. The van der Waals surface area contributed by atoms with Crippen molar-refractivity contribution < 1.29 is 48.9 Å². The smallest absolute Gasteiger partial charge is 0.347 e. The summed E-state index contributed by atoms with van der Waals surface area (Å²) in [5, 5.41) is 33.9. The number of aliphatic hydroxyl groups is 1. The molecule has 0 radical (unpaired) electrons. The van der Waals surface area contributed by atoms with Gasteiger partial charge in [-0.15, -0.1) is 0 Å². The number of hydrogen-bond acceptors (Lipinski definition) is 11. The molecule has 0 aliphatic heterocycles. The van der Waals surface area contributed by atoms with Crippen LogP contribution >= 0.6 is 0 Å². The van der Waals surface area contributed by atoms with Gasteiger partial charge in [0, 0.05) is 57.1 Å². The minimum atomic E-state index is -1.86. The van der Waals surface area contributed by atoms with Crippen LogP contribution in [0.25, 0.3) is 0 Å². The summed E-state index contributed by atoms with van der Waals surface area (Å²) in [4.78, 5) is 32.1. The maximum absolute atomic E-state index is 13.9. The standard InChI is InChI=1S/C52H35NO10/c53-34-59-48-26-23-39(20-17-36-12-6-2-7-13-36)29-45(48)51(56)61-42-31-41(60-50(55)44-28-38(22-25-47(44)54)19-16-35-10-4-1-5-11-35)32-43(33-42)62-52(57)46-30-40(24-27-49(46)63-58)21-18-37-14-8-3-9-15-37/h1-15,22-33,50,54-55,58H,34,53H2/p-1. The zero-order valence-corrected chi connectivity index (χ0v) is 33.1. The number of rotatable bonds is 10. The molecule has 7 rings (SSSR count). The average molecular weight is 833 g/mol. The normalized spacial score (nSPS) is 10.6. The summed E-state index contributed by atoms with van der Waals surface area (Å²) >= 11 is 0. The highest BCUT2D eigenvalue weighted by molar-refractivity contribution is 5.95. The molecule has 11 nitrogen and oxygen atoms in total. The van der Waals surface area contributed by atoms with Gasteiger partial charge in [-0.2, -0.15) is 0 Å². The lowest BCUT2D eigenvalue weighted by Crippen LogP contribution is -2.15. The van der Waals surface area contributed by atoms with Gasteiger partial charge in [0.1, 0.15) is 40.9 Å². The Hall–Kier alpha value is -8.76. The number of carbonyl (C=O) groups is 2. The number of ether oxygens (including phenoxy) is 4. The third-order valence-corrected chi connectivity index (χ3v) is 8.91. The molecule has 7 aromatic carbocycles. The van der Waals surface area contributed by atoms with E-state index < -0.39 is 24.0 Å². The fourth-order valence-electron chi connectivity index (χ4n) is 5.89. The third kappa shape index (κ3) is 11.5. The molecule has 0 heterocycles. The molecule has 11 heteroatoms. The van der Waals surface area contributed by atoms with E-state index in [2.05, 4.69) is 40.4 Å². The Morgan fingerprint density at radius 1 is 0.524 bits per heavy atom. The molecule has 0 saturated heterocycles. The number of nitrogens with two attached hydrogens (primary N) is 1. The Morgan fingerprint density at radius 2 is 0.937 bits per heavy atom. The monoisotopic (exact) mass is 832 g/mol. The van der Waals surface area contributed by atoms with E-state index in [0.29, 0.717) is 16.7 Å². The van der Waals surface area contributed by atoms with Crippen LogP contribution in [0.1, 0.15) is 66.0 Å². The minimum absolute atomic E-state index is 0.0344. The Kier molecular flexibility index (Phi) is 13.8. The maximum atomic E-state index is 13.9. The van der Waals surface area contributed by atoms with Crippen molar-refractivity contribution in [3.8, 4) is 70.0 Å². The summed E-state index contributed by atoms with van der Waals surface area (Å²) in [6.45, 7) is -0.254. The van der Waals surface area contributed by atoms with E-state index in [1.54, 1.807) is 12.1 Å². The summed E-state index contributed by atoms with van der Waals surface area (Å²) in [6.07, 6.45) is -1.86. The average Bonchev–Trinajstić information content (AvgIpc) is 3.31. The van der Waals surface area contributed by atoms with Crippen molar-refractivity contribution in [1.82, 2.24) is 0 Å². The van der Waals surface area contributed by atoms with E-state index in [-0.39, 0.29) is 52.2 Å². The van der Waals surface area contributed by atoms with Crippen LogP contribution in [0.3, 0.4) is 0 Å². The molecule has 0 aromatic heterocycles. The molecule has 0 fully saturated rings. The lowest BCUT2D eigenvalue weighted by Gasteiger charge is -2.21. The Balaban J connectivity index is 1.21.